The van der Waals surface area contributed by atoms with Crippen molar-refractivity contribution in [2.45, 2.75) is 18.9 Å². The summed E-state index contributed by atoms with van der Waals surface area (Å²) >= 11 is 0. The summed E-state index contributed by atoms with van der Waals surface area (Å²) < 4.78 is 13.3. The van der Waals surface area contributed by atoms with Crippen LogP contribution in [0.3, 0.4) is 0 Å². The van der Waals surface area contributed by atoms with Crippen molar-refractivity contribution in [2.24, 2.45) is 5.73 Å². The molecule has 0 aliphatic heterocycles. The van der Waals surface area contributed by atoms with Gasteiger partial charge in [0.1, 0.15) is 17.6 Å². The van der Waals surface area contributed by atoms with Crippen molar-refractivity contribution in [1.29, 1.82) is 0 Å². The zero-order chi connectivity index (χ0) is 11.6. The molecule has 0 unspecified atom stereocenters. The van der Waals surface area contributed by atoms with Crippen LogP contribution in [0.1, 0.15) is 18.4 Å². The Morgan fingerprint density at radius 1 is 1.50 bits per heavy atom. The number of carboxylic acids is 1. The van der Waals surface area contributed by atoms with Crippen LogP contribution < -0.4 is 5.73 Å². The first-order valence-corrected chi connectivity index (χ1v) is 4.40. The lowest BCUT2D eigenvalue weighted by molar-refractivity contribution is -0.139. The van der Waals surface area contributed by atoms with Gasteiger partial charge in [-0.2, -0.15) is 0 Å². The maximum absolute atomic E-state index is 13.3. The van der Waals surface area contributed by atoms with E-state index in [-0.39, 0.29) is 23.7 Å². The van der Waals surface area contributed by atoms with Gasteiger partial charge in [0.05, 0.1) is 0 Å². The van der Waals surface area contributed by atoms with Crippen LogP contribution in [0.15, 0.2) is 18.2 Å². The lowest BCUT2D eigenvalue weighted by atomic mass is 9.93. The molecule has 0 heterocycles. The molecule has 0 radical (unpaired) electrons. The normalized spacial score (nSPS) is 13.7. The molecule has 0 aromatic heterocycles. The standard InChI is InChI=1S/C10H12FNO3.ClH/c1-5(9(12)10(14)15)7-3-2-6(13)4-8(7)11;/h2-5,9,13H,12H2,1H3,(H,14,15);1H/t5-,9-;/m0./s1. The first kappa shape index (κ1) is 14.7. The number of carboxylic acid groups (broad SMARTS) is 1. The highest BCUT2D eigenvalue weighted by atomic mass is 35.5. The van der Waals surface area contributed by atoms with Gasteiger partial charge in [-0.05, 0) is 11.6 Å². The third-order valence-electron chi connectivity index (χ3n) is 2.30. The van der Waals surface area contributed by atoms with Crippen LogP contribution in [0.25, 0.3) is 0 Å². The molecule has 2 atom stereocenters. The van der Waals surface area contributed by atoms with Crippen LogP contribution in [0.5, 0.6) is 5.75 Å². The van der Waals surface area contributed by atoms with Crippen LogP contribution in [0, 0.1) is 5.82 Å². The molecule has 4 nitrogen and oxygen atoms in total. The summed E-state index contributed by atoms with van der Waals surface area (Å²) in [5, 5.41) is 17.6. The van der Waals surface area contributed by atoms with Crippen molar-refractivity contribution in [2.75, 3.05) is 0 Å². The molecule has 0 saturated carbocycles. The van der Waals surface area contributed by atoms with E-state index in [0.29, 0.717) is 0 Å². The predicted octanol–water partition coefficient (Wildman–Crippen LogP) is 1.47. The Morgan fingerprint density at radius 2 is 2.06 bits per heavy atom. The Hall–Kier alpha value is -1.33. The van der Waals surface area contributed by atoms with Crippen LogP contribution in [0.4, 0.5) is 4.39 Å². The third kappa shape index (κ3) is 3.08. The van der Waals surface area contributed by atoms with Crippen LogP contribution in [-0.4, -0.2) is 22.2 Å². The van der Waals surface area contributed by atoms with E-state index in [9.17, 15) is 9.18 Å². The van der Waals surface area contributed by atoms with Gasteiger partial charge < -0.3 is 15.9 Å². The molecule has 0 amide bonds. The van der Waals surface area contributed by atoms with Gasteiger partial charge in [-0.15, -0.1) is 12.4 Å². The maximum atomic E-state index is 13.3. The number of aliphatic carboxylic acids is 1. The number of rotatable bonds is 3. The van der Waals surface area contributed by atoms with E-state index >= 15 is 0 Å². The molecular weight excluding hydrogens is 237 g/mol. The number of phenolic OH excluding ortho intramolecular Hbond substituents is 1. The van der Waals surface area contributed by atoms with E-state index in [1.54, 1.807) is 0 Å². The van der Waals surface area contributed by atoms with Crippen molar-refractivity contribution in [3.8, 4) is 5.75 Å². The average Bonchev–Trinajstić information content (AvgIpc) is 2.15. The van der Waals surface area contributed by atoms with Crippen LogP contribution in [0.2, 0.25) is 0 Å². The monoisotopic (exact) mass is 249 g/mol. The molecule has 0 spiro atoms. The van der Waals surface area contributed by atoms with Gasteiger partial charge in [0.15, 0.2) is 0 Å². The fourth-order valence-corrected chi connectivity index (χ4v) is 1.29. The topological polar surface area (TPSA) is 83.5 Å². The minimum atomic E-state index is -1.19. The largest absolute Gasteiger partial charge is 0.508 e. The summed E-state index contributed by atoms with van der Waals surface area (Å²) in [6.07, 6.45) is 0. The number of halogens is 2. The first-order valence-electron chi connectivity index (χ1n) is 4.40. The maximum Gasteiger partial charge on any atom is 0.321 e. The number of benzene rings is 1. The van der Waals surface area contributed by atoms with Gasteiger partial charge in [0.25, 0.3) is 0 Å². The molecule has 0 fully saturated rings. The number of aromatic hydroxyl groups is 1. The number of hydrogen-bond acceptors (Lipinski definition) is 3. The highest BCUT2D eigenvalue weighted by molar-refractivity contribution is 5.85. The van der Waals surface area contributed by atoms with Gasteiger partial charge in [0.2, 0.25) is 0 Å². The second-order valence-electron chi connectivity index (χ2n) is 3.36. The number of nitrogens with two attached hydrogens (primary N) is 1. The summed E-state index contributed by atoms with van der Waals surface area (Å²) in [5.41, 5.74) is 5.55. The van der Waals surface area contributed by atoms with Crippen LogP contribution >= 0.6 is 12.4 Å². The molecule has 0 aliphatic carbocycles. The van der Waals surface area contributed by atoms with Gasteiger partial charge in [-0.3, -0.25) is 4.79 Å². The molecule has 90 valence electrons. The molecule has 0 bridgehead atoms. The predicted molar refractivity (Wildman–Crippen MR) is 59.3 cm³/mol. The molecule has 1 aromatic rings. The lowest BCUT2D eigenvalue weighted by Crippen LogP contribution is -2.35. The third-order valence-corrected chi connectivity index (χ3v) is 2.30. The molecule has 0 aliphatic rings. The quantitative estimate of drug-likeness (QED) is 0.757. The molecular formula is C10H13ClFNO3. The number of hydrogen-bond donors (Lipinski definition) is 3. The van der Waals surface area contributed by atoms with Gasteiger partial charge in [-0.1, -0.05) is 13.0 Å². The summed E-state index contributed by atoms with van der Waals surface area (Å²) in [4.78, 5) is 10.6. The summed E-state index contributed by atoms with van der Waals surface area (Å²) in [7, 11) is 0. The Balaban J connectivity index is 0.00000225. The number of carbonyl (C=O) groups is 1. The Morgan fingerprint density at radius 3 is 2.50 bits per heavy atom. The Kier molecular flexibility index (Phi) is 5.20. The fourth-order valence-electron chi connectivity index (χ4n) is 1.29. The zero-order valence-corrected chi connectivity index (χ0v) is 9.37. The SMILES string of the molecule is C[C@@H](c1ccc(O)cc1F)[C@H](N)C(=O)O.Cl. The summed E-state index contributed by atoms with van der Waals surface area (Å²) in [5.74, 6) is -2.69. The molecule has 0 saturated heterocycles. The summed E-state index contributed by atoms with van der Waals surface area (Å²) in [6.45, 7) is 1.52. The van der Waals surface area contributed by atoms with Crippen LogP contribution in [-0.2, 0) is 4.79 Å². The van der Waals surface area contributed by atoms with E-state index in [0.717, 1.165) is 6.07 Å². The van der Waals surface area contributed by atoms with Crippen molar-refractivity contribution in [3.63, 3.8) is 0 Å². The minimum absolute atomic E-state index is 0. The smallest absolute Gasteiger partial charge is 0.321 e. The molecule has 6 heteroatoms. The van der Waals surface area contributed by atoms with Gasteiger partial charge >= 0.3 is 5.97 Å². The molecule has 1 aromatic carbocycles. The Bertz CT molecular complexity index is 386. The van der Waals surface area contributed by atoms with Gasteiger partial charge in [0, 0.05) is 12.0 Å². The van der Waals surface area contributed by atoms with Gasteiger partial charge in [-0.25, -0.2) is 4.39 Å². The summed E-state index contributed by atoms with van der Waals surface area (Å²) in [6, 6.07) is 2.39. The van der Waals surface area contributed by atoms with E-state index in [2.05, 4.69) is 0 Å². The van der Waals surface area contributed by atoms with E-state index in [4.69, 9.17) is 15.9 Å². The highest BCUT2D eigenvalue weighted by Crippen LogP contribution is 2.24. The van der Waals surface area contributed by atoms with Crippen molar-refractivity contribution in [3.05, 3.63) is 29.6 Å². The van der Waals surface area contributed by atoms with Crippen molar-refractivity contribution < 1.29 is 19.4 Å². The van der Waals surface area contributed by atoms with E-state index in [1.165, 1.54) is 19.1 Å². The van der Waals surface area contributed by atoms with E-state index < -0.39 is 23.7 Å². The zero-order valence-electron chi connectivity index (χ0n) is 8.55. The first-order chi connectivity index (χ1) is 6.93. The highest BCUT2D eigenvalue weighted by Gasteiger charge is 2.23. The Labute approximate surface area is 98.3 Å². The lowest BCUT2D eigenvalue weighted by Gasteiger charge is -2.16. The molecule has 1 rings (SSSR count). The van der Waals surface area contributed by atoms with E-state index in [1.807, 2.05) is 0 Å². The second kappa shape index (κ2) is 5.67. The molecule has 4 N–H and O–H groups in total. The minimum Gasteiger partial charge on any atom is -0.508 e. The second-order valence-corrected chi connectivity index (χ2v) is 3.36. The number of phenols is 1. The van der Waals surface area contributed by atoms with Crippen molar-refractivity contribution >= 4 is 18.4 Å². The average molecular weight is 250 g/mol. The fraction of sp³-hybridized carbons (Fsp3) is 0.300. The molecule has 16 heavy (non-hydrogen) atoms. The van der Waals surface area contributed by atoms with Crippen molar-refractivity contribution in [1.82, 2.24) is 0 Å².